The maximum absolute atomic E-state index is 12.2. The molecule has 0 spiro atoms. The normalized spacial score (nSPS) is 11.9. The number of nitrogens with zero attached hydrogens (tertiary/aromatic N) is 3. The van der Waals surface area contributed by atoms with E-state index >= 15 is 0 Å². The SMILES string of the molecule is CCNC(=NCCNS(=O)(=O)c1cccnc1)N(C)Cc1ccc(OCC)cc1. The highest BCUT2D eigenvalue weighted by Gasteiger charge is 2.13. The maximum Gasteiger partial charge on any atom is 0.242 e. The van der Waals surface area contributed by atoms with E-state index in [1.807, 2.05) is 50.1 Å². The van der Waals surface area contributed by atoms with Crippen molar-refractivity contribution < 1.29 is 13.2 Å². The van der Waals surface area contributed by atoms with Gasteiger partial charge in [0.1, 0.15) is 10.6 Å². The molecule has 2 N–H and O–H groups in total. The van der Waals surface area contributed by atoms with E-state index in [-0.39, 0.29) is 11.4 Å². The van der Waals surface area contributed by atoms with Crippen LogP contribution in [0.15, 0.2) is 58.7 Å². The number of aromatic nitrogens is 1. The average Bonchev–Trinajstić information content (AvgIpc) is 2.72. The third-order valence-electron chi connectivity index (χ3n) is 3.96. The number of ether oxygens (including phenoxy) is 1. The van der Waals surface area contributed by atoms with Crippen LogP contribution in [0.4, 0.5) is 0 Å². The molecule has 0 saturated carbocycles. The summed E-state index contributed by atoms with van der Waals surface area (Å²) in [6, 6.07) is 11.0. The van der Waals surface area contributed by atoms with Gasteiger partial charge in [-0.15, -0.1) is 0 Å². The molecule has 0 saturated heterocycles. The number of nitrogens with one attached hydrogen (secondary N) is 2. The van der Waals surface area contributed by atoms with Gasteiger partial charge in [-0.1, -0.05) is 12.1 Å². The number of hydrogen-bond acceptors (Lipinski definition) is 5. The van der Waals surface area contributed by atoms with Crippen molar-refractivity contribution in [1.29, 1.82) is 0 Å². The van der Waals surface area contributed by atoms with Crippen molar-refractivity contribution in [3.63, 3.8) is 0 Å². The Morgan fingerprint density at radius 2 is 1.97 bits per heavy atom. The summed E-state index contributed by atoms with van der Waals surface area (Å²) in [6.07, 6.45) is 2.85. The van der Waals surface area contributed by atoms with Gasteiger partial charge in [-0.05, 0) is 43.7 Å². The molecular formula is C20H29N5O3S. The molecule has 1 aromatic carbocycles. The standard InChI is InChI=1S/C20H29N5O3S/c1-4-22-20(25(3)16-17-8-10-18(11-9-17)28-5-2)23-13-14-24-29(26,27)19-7-6-12-21-15-19/h6-12,15,24H,4-5,13-14,16H2,1-3H3,(H,22,23). The summed E-state index contributed by atoms with van der Waals surface area (Å²) in [5.74, 6) is 1.56. The number of aliphatic imine (C=N–C) groups is 1. The summed E-state index contributed by atoms with van der Waals surface area (Å²) in [4.78, 5) is 10.5. The smallest absolute Gasteiger partial charge is 0.242 e. The van der Waals surface area contributed by atoms with Crippen LogP contribution in [-0.2, 0) is 16.6 Å². The van der Waals surface area contributed by atoms with Gasteiger partial charge in [0.05, 0.1) is 13.2 Å². The van der Waals surface area contributed by atoms with Crippen LogP contribution >= 0.6 is 0 Å². The van der Waals surface area contributed by atoms with Crippen LogP contribution in [0.2, 0.25) is 0 Å². The first-order valence-electron chi connectivity index (χ1n) is 9.57. The second kappa shape index (κ2) is 11.4. The van der Waals surface area contributed by atoms with E-state index in [1.165, 1.54) is 18.5 Å². The van der Waals surface area contributed by atoms with Gasteiger partial charge in [-0.2, -0.15) is 0 Å². The lowest BCUT2D eigenvalue weighted by atomic mass is 10.2. The molecule has 158 valence electrons. The molecule has 0 unspecified atom stereocenters. The Morgan fingerprint density at radius 3 is 2.59 bits per heavy atom. The van der Waals surface area contributed by atoms with E-state index < -0.39 is 10.0 Å². The molecule has 1 heterocycles. The molecular weight excluding hydrogens is 390 g/mol. The van der Waals surface area contributed by atoms with Crippen LogP contribution in [-0.4, -0.2) is 57.6 Å². The molecule has 9 heteroatoms. The minimum Gasteiger partial charge on any atom is -0.494 e. The van der Waals surface area contributed by atoms with Crippen LogP contribution in [0.25, 0.3) is 0 Å². The molecule has 0 atom stereocenters. The Balaban J connectivity index is 1.92. The van der Waals surface area contributed by atoms with Crippen molar-refractivity contribution in [2.24, 2.45) is 4.99 Å². The predicted molar refractivity (Wildman–Crippen MR) is 114 cm³/mol. The molecule has 0 aliphatic rings. The highest BCUT2D eigenvalue weighted by molar-refractivity contribution is 7.89. The summed E-state index contributed by atoms with van der Waals surface area (Å²) >= 11 is 0. The molecule has 2 aromatic rings. The molecule has 0 aliphatic carbocycles. The van der Waals surface area contributed by atoms with Gasteiger partial charge in [0, 0.05) is 39.1 Å². The summed E-state index contributed by atoms with van der Waals surface area (Å²) in [5.41, 5.74) is 1.12. The van der Waals surface area contributed by atoms with Crippen molar-refractivity contribution in [2.75, 3.05) is 33.3 Å². The first-order chi connectivity index (χ1) is 14.0. The van der Waals surface area contributed by atoms with Crippen molar-refractivity contribution in [2.45, 2.75) is 25.3 Å². The average molecular weight is 420 g/mol. The fraction of sp³-hybridized carbons (Fsp3) is 0.400. The lowest BCUT2D eigenvalue weighted by Gasteiger charge is -2.22. The second-order valence-electron chi connectivity index (χ2n) is 6.26. The Bertz CT molecular complexity index is 871. The zero-order valence-electron chi connectivity index (χ0n) is 17.1. The van der Waals surface area contributed by atoms with E-state index in [4.69, 9.17) is 4.74 Å². The monoisotopic (exact) mass is 419 g/mol. The summed E-state index contributed by atoms with van der Waals surface area (Å²) in [7, 11) is -1.63. The molecule has 2 rings (SSSR count). The topological polar surface area (TPSA) is 95.9 Å². The number of benzene rings is 1. The van der Waals surface area contributed by atoms with Gasteiger partial charge in [0.2, 0.25) is 10.0 Å². The van der Waals surface area contributed by atoms with Crippen LogP contribution < -0.4 is 14.8 Å². The van der Waals surface area contributed by atoms with Crippen LogP contribution in [0.3, 0.4) is 0 Å². The van der Waals surface area contributed by atoms with Crippen molar-refractivity contribution in [1.82, 2.24) is 19.9 Å². The van der Waals surface area contributed by atoms with Crippen molar-refractivity contribution in [3.05, 3.63) is 54.4 Å². The lowest BCUT2D eigenvalue weighted by Crippen LogP contribution is -2.39. The quantitative estimate of drug-likeness (QED) is 0.347. The zero-order valence-corrected chi connectivity index (χ0v) is 17.9. The van der Waals surface area contributed by atoms with Gasteiger partial charge in [0.25, 0.3) is 0 Å². The highest BCUT2D eigenvalue weighted by Crippen LogP contribution is 2.13. The zero-order chi connectivity index (χ0) is 21.1. The van der Waals surface area contributed by atoms with E-state index in [0.717, 1.165) is 11.3 Å². The summed E-state index contributed by atoms with van der Waals surface area (Å²) in [5, 5.41) is 3.23. The minimum atomic E-state index is -3.58. The van der Waals surface area contributed by atoms with Gasteiger partial charge in [0.15, 0.2) is 5.96 Å². The van der Waals surface area contributed by atoms with E-state index in [2.05, 4.69) is 20.0 Å². The predicted octanol–water partition coefficient (Wildman–Crippen LogP) is 1.86. The molecule has 0 radical (unpaired) electrons. The number of sulfonamides is 1. The van der Waals surface area contributed by atoms with E-state index in [1.54, 1.807) is 6.07 Å². The second-order valence-corrected chi connectivity index (χ2v) is 8.02. The number of hydrogen-bond donors (Lipinski definition) is 2. The highest BCUT2D eigenvalue weighted by atomic mass is 32.2. The molecule has 0 aliphatic heterocycles. The summed E-state index contributed by atoms with van der Waals surface area (Å²) < 4.78 is 32.4. The van der Waals surface area contributed by atoms with Gasteiger partial charge < -0.3 is 15.0 Å². The number of guanidine groups is 1. The van der Waals surface area contributed by atoms with Crippen molar-refractivity contribution in [3.8, 4) is 5.75 Å². The molecule has 8 nitrogen and oxygen atoms in total. The van der Waals surface area contributed by atoms with Crippen LogP contribution in [0.1, 0.15) is 19.4 Å². The maximum atomic E-state index is 12.2. The van der Waals surface area contributed by atoms with Crippen LogP contribution in [0, 0.1) is 0 Å². The third kappa shape index (κ3) is 7.35. The first kappa shape index (κ1) is 22.6. The molecule has 1 aromatic heterocycles. The summed E-state index contributed by atoms with van der Waals surface area (Å²) in [6.45, 7) is 6.48. The Kier molecular flexibility index (Phi) is 8.88. The Hall–Kier alpha value is -2.65. The molecule has 0 fully saturated rings. The minimum absolute atomic E-state index is 0.142. The van der Waals surface area contributed by atoms with Gasteiger partial charge in [-0.3, -0.25) is 9.98 Å². The number of rotatable bonds is 10. The van der Waals surface area contributed by atoms with Crippen molar-refractivity contribution >= 4 is 16.0 Å². The number of pyridine rings is 1. The third-order valence-corrected chi connectivity index (χ3v) is 5.41. The molecule has 0 bridgehead atoms. The van der Waals surface area contributed by atoms with Crippen LogP contribution in [0.5, 0.6) is 5.75 Å². The lowest BCUT2D eigenvalue weighted by molar-refractivity contribution is 0.340. The Morgan fingerprint density at radius 1 is 1.21 bits per heavy atom. The fourth-order valence-electron chi connectivity index (χ4n) is 2.61. The Labute approximate surface area is 173 Å². The van der Waals surface area contributed by atoms with E-state index in [9.17, 15) is 8.42 Å². The van der Waals surface area contributed by atoms with Gasteiger partial charge in [-0.25, -0.2) is 13.1 Å². The molecule has 29 heavy (non-hydrogen) atoms. The first-order valence-corrected chi connectivity index (χ1v) is 11.1. The van der Waals surface area contributed by atoms with Gasteiger partial charge >= 0.3 is 0 Å². The largest absolute Gasteiger partial charge is 0.494 e. The fourth-order valence-corrected chi connectivity index (χ4v) is 3.59. The van der Waals surface area contributed by atoms with E-state index in [0.29, 0.717) is 32.2 Å². The molecule has 0 amide bonds.